The Morgan fingerprint density at radius 2 is 2.17 bits per heavy atom. The number of rotatable bonds is 1. The van der Waals surface area contributed by atoms with E-state index in [0.29, 0.717) is 18.2 Å². The molecule has 1 rings (SSSR count). The molecule has 1 aliphatic rings. The van der Waals surface area contributed by atoms with Gasteiger partial charge < -0.3 is 4.90 Å². The molecule has 1 heterocycles. The molecule has 1 saturated heterocycles. The van der Waals surface area contributed by atoms with Crippen LogP contribution in [0.3, 0.4) is 0 Å². The molecule has 0 aliphatic carbocycles. The van der Waals surface area contributed by atoms with Crippen LogP contribution in [-0.2, 0) is 0 Å². The van der Waals surface area contributed by atoms with Gasteiger partial charge in [0.15, 0.2) is 0 Å². The molecule has 0 radical (unpaired) electrons. The maximum Gasteiger partial charge on any atom is 0.0925 e. The van der Waals surface area contributed by atoms with Gasteiger partial charge in [0.1, 0.15) is 0 Å². The first-order chi connectivity index (χ1) is 5.74. The first-order valence-corrected chi connectivity index (χ1v) is 4.41. The molecule has 0 spiro atoms. The average molecular weight is 165 g/mol. The molecule has 1 aliphatic heterocycles. The van der Waals surface area contributed by atoms with E-state index >= 15 is 0 Å². The summed E-state index contributed by atoms with van der Waals surface area (Å²) in [6.07, 6.45) is 2.83. The van der Waals surface area contributed by atoms with Gasteiger partial charge in [-0.1, -0.05) is 0 Å². The molecule has 66 valence electrons. The summed E-state index contributed by atoms with van der Waals surface area (Å²) in [4.78, 5) is 2.08. The summed E-state index contributed by atoms with van der Waals surface area (Å²) in [5.74, 6) is 1.23. The van der Waals surface area contributed by atoms with Crippen molar-refractivity contribution in [1.82, 2.24) is 4.90 Å². The Kier molecular flexibility index (Phi) is 3.09. The number of likely N-dealkylation sites (tertiary alicyclic amines) is 1. The van der Waals surface area contributed by atoms with Gasteiger partial charge in [0.05, 0.1) is 11.9 Å². The summed E-state index contributed by atoms with van der Waals surface area (Å²) in [7, 11) is 0. The molecule has 3 heteroatoms. The van der Waals surface area contributed by atoms with Crippen molar-refractivity contribution >= 4 is 5.84 Å². The largest absolute Gasteiger partial charge is 0.361 e. The highest BCUT2D eigenvalue weighted by Crippen LogP contribution is 2.19. The highest BCUT2D eigenvalue weighted by molar-refractivity contribution is 5.76. The van der Waals surface area contributed by atoms with Gasteiger partial charge in [0.25, 0.3) is 0 Å². The lowest BCUT2D eigenvalue weighted by Crippen LogP contribution is -2.36. The predicted octanol–water partition coefficient (Wildman–Crippen LogP) is 1.61. The standard InChI is InChI=1S/C9H15N3/c1-8(11)12-6-3-9(2-5-10)4-7-12/h9,11H,2-4,6-7H2,1H3. The van der Waals surface area contributed by atoms with E-state index in [-0.39, 0.29) is 0 Å². The number of hydrogen-bond donors (Lipinski definition) is 1. The number of piperidine rings is 1. The summed E-state index contributed by atoms with van der Waals surface area (Å²) in [6, 6.07) is 2.21. The maximum absolute atomic E-state index is 8.49. The average Bonchev–Trinajstić information content (AvgIpc) is 2.06. The minimum Gasteiger partial charge on any atom is -0.361 e. The molecule has 0 aromatic carbocycles. The number of hydrogen-bond acceptors (Lipinski definition) is 2. The summed E-state index contributed by atoms with van der Waals surface area (Å²) in [5.41, 5.74) is 0. The van der Waals surface area contributed by atoms with Crippen LogP contribution in [0, 0.1) is 22.7 Å². The lowest BCUT2D eigenvalue weighted by molar-refractivity contribution is 0.267. The highest BCUT2D eigenvalue weighted by Gasteiger charge is 2.18. The van der Waals surface area contributed by atoms with E-state index in [1.54, 1.807) is 0 Å². The zero-order chi connectivity index (χ0) is 8.97. The molecule has 1 N–H and O–H groups in total. The van der Waals surface area contributed by atoms with Gasteiger partial charge >= 0.3 is 0 Å². The van der Waals surface area contributed by atoms with Crippen molar-refractivity contribution in [2.24, 2.45) is 5.92 Å². The minimum absolute atomic E-state index is 0.575. The second kappa shape index (κ2) is 4.10. The maximum atomic E-state index is 8.49. The molecule has 0 bridgehead atoms. The van der Waals surface area contributed by atoms with E-state index in [0.717, 1.165) is 25.9 Å². The second-order valence-electron chi connectivity index (χ2n) is 3.38. The summed E-state index contributed by atoms with van der Waals surface area (Å²) in [5, 5.41) is 15.9. The zero-order valence-corrected chi connectivity index (χ0v) is 7.51. The minimum atomic E-state index is 0.575. The topological polar surface area (TPSA) is 50.9 Å². The fourth-order valence-corrected chi connectivity index (χ4v) is 1.60. The molecular weight excluding hydrogens is 150 g/mol. The summed E-state index contributed by atoms with van der Waals surface area (Å²) < 4.78 is 0. The van der Waals surface area contributed by atoms with Gasteiger partial charge in [-0.2, -0.15) is 5.26 Å². The van der Waals surface area contributed by atoms with Crippen molar-refractivity contribution in [3.8, 4) is 6.07 Å². The van der Waals surface area contributed by atoms with Crippen molar-refractivity contribution in [1.29, 1.82) is 10.7 Å². The second-order valence-corrected chi connectivity index (χ2v) is 3.38. The van der Waals surface area contributed by atoms with Gasteiger partial charge in [0, 0.05) is 19.5 Å². The van der Waals surface area contributed by atoms with Crippen LogP contribution in [0.2, 0.25) is 0 Å². The fourth-order valence-electron chi connectivity index (χ4n) is 1.60. The van der Waals surface area contributed by atoms with E-state index in [2.05, 4.69) is 11.0 Å². The molecule has 3 nitrogen and oxygen atoms in total. The monoisotopic (exact) mass is 165 g/mol. The van der Waals surface area contributed by atoms with E-state index in [4.69, 9.17) is 10.7 Å². The first kappa shape index (κ1) is 9.05. The number of nitrogens with zero attached hydrogens (tertiary/aromatic N) is 2. The van der Waals surface area contributed by atoms with Crippen LogP contribution >= 0.6 is 0 Å². The Labute approximate surface area is 73.5 Å². The van der Waals surface area contributed by atoms with Gasteiger partial charge in [0.2, 0.25) is 0 Å². The van der Waals surface area contributed by atoms with Gasteiger partial charge in [-0.15, -0.1) is 0 Å². The van der Waals surface area contributed by atoms with E-state index in [9.17, 15) is 0 Å². The molecule has 1 fully saturated rings. The predicted molar refractivity (Wildman–Crippen MR) is 47.9 cm³/mol. The van der Waals surface area contributed by atoms with Crippen LogP contribution in [0.15, 0.2) is 0 Å². The van der Waals surface area contributed by atoms with Gasteiger partial charge in [-0.25, -0.2) is 0 Å². The molecule has 0 aromatic heterocycles. The third-order valence-electron chi connectivity index (χ3n) is 2.47. The normalized spacial score (nSPS) is 18.8. The molecule has 12 heavy (non-hydrogen) atoms. The molecule has 0 aromatic rings. The Morgan fingerprint density at radius 3 is 2.58 bits per heavy atom. The molecule has 0 atom stereocenters. The van der Waals surface area contributed by atoms with Crippen LogP contribution in [0.5, 0.6) is 0 Å². The smallest absolute Gasteiger partial charge is 0.0925 e. The zero-order valence-electron chi connectivity index (χ0n) is 7.51. The van der Waals surface area contributed by atoms with E-state index < -0.39 is 0 Å². The quantitative estimate of drug-likeness (QED) is 0.474. The third-order valence-corrected chi connectivity index (χ3v) is 2.47. The van der Waals surface area contributed by atoms with E-state index in [1.165, 1.54) is 0 Å². The SMILES string of the molecule is CC(=N)N1CCC(CC#N)CC1. The number of nitriles is 1. The highest BCUT2D eigenvalue weighted by atomic mass is 15.2. The van der Waals surface area contributed by atoms with Crippen molar-refractivity contribution in [2.75, 3.05) is 13.1 Å². The van der Waals surface area contributed by atoms with E-state index in [1.807, 2.05) is 6.92 Å². The van der Waals surface area contributed by atoms with Crippen molar-refractivity contribution < 1.29 is 0 Å². The fraction of sp³-hybridized carbons (Fsp3) is 0.778. The van der Waals surface area contributed by atoms with Crippen LogP contribution in [0.4, 0.5) is 0 Å². The molecule has 0 amide bonds. The lowest BCUT2D eigenvalue weighted by Gasteiger charge is -2.31. The van der Waals surface area contributed by atoms with Gasteiger partial charge in [-0.3, -0.25) is 5.41 Å². The lowest BCUT2D eigenvalue weighted by atomic mass is 9.94. The Balaban J connectivity index is 2.30. The number of nitrogens with one attached hydrogen (secondary N) is 1. The van der Waals surface area contributed by atoms with Crippen LogP contribution in [-0.4, -0.2) is 23.8 Å². The third kappa shape index (κ3) is 2.23. The van der Waals surface area contributed by atoms with Gasteiger partial charge in [-0.05, 0) is 25.7 Å². The van der Waals surface area contributed by atoms with Crippen LogP contribution in [0.25, 0.3) is 0 Å². The molecule has 0 unspecified atom stereocenters. The van der Waals surface area contributed by atoms with Crippen LogP contribution < -0.4 is 0 Å². The Hall–Kier alpha value is -1.04. The number of amidine groups is 1. The summed E-state index contributed by atoms with van der Waals surface area (Å²) in [6.45, 7) is 3.74. The first-order valence-electron chi connectivity index (χ1n) is 4.41. The van der Waals surface area contributed by atoms with Crippen molar-refractivity contribution in [3.05, 3.63) is 0 Å². The Morgan fingerprint density at radius 1 is 1.58 bits per heavy atom. The molecule has 0 saturated carbocycles. The summed E-state index contributed by atoms with van der Waals surface area (Å²) >= 11 is 0. The van der Waals surface area contributed by atoms with Crippen LogP contribution in [0.1, 0.15) is 26.2 Å². The molecular formula is C9H15N3. The van der Waals surface area contributed by atoms with Crippen molar-refractivity contribution in [2.45, 2.75) is 26.2 Å². The van der Waals surface area contributed by atoms with Crippen molar-refractivity contribution in [3.63, 3.8) is 0 Å². The Bertz CT molecular complexity index is 196.